The van der Waals surface area contributed by atoms with E-state index in [4.69, 9.17) is 4.99 Å². The van der Waals surface area contributed by atoms with Crippen molar-refractivity contribution in [2.45, 2.75) is 63.1 Å². The van der Waals surface area contributed by atoms with Crippen LogP contribution in [-0.2, 0) is 10.0 Å². The zero-order chi connectivity index (χ0) is 19.7. The molecule has 9 heteroatoms. The molecule has 27 heavy (non-hydrogen) atoms. The second-order valence-electron chi connectivity index (χ2n) is 8.09. The molecule has 2 fully saturated rings. The molecule has 2 aliphatic heterocycles. The number of sulfonamides is 1. The van der Waals surface area contributed by atoms with E-state index in [1.807, 2.05) is 0 Å². The zero-order valence-corrected chi connectivity index (χ0v) is 16.3. The van der Waals surface area contributed by atoms with Crippen molar-refractivity contribution in [2.75, 3.05) is 19.6 Å². The maximum absolute atomic E-state index is 12.4. The molecule has 3 aliphatic rings. The van der Waals surface area contributed by atoms with Crippen LogP contribution in [0.1, 0.15) is 51.4 Å². The predicted molar refractivity (Wildman–Crippen MR) is 98.8 cm³/mol. The first-order valence-corrected chi connectivity index (χ1v) is 11.1. The number of alkyl halides is 3. The average Bonchev–Trinajstić information content (AvgIpc) is 3.04. The van der Waals surface area contributed by atoms with Gasteiger partial charge in [-0.1, -0.05) is 6.58 Å². The van der Waals surface area contributed by atoms with E-state index >= 15 is 0 Å². The number of piperidine rings is 1. The van der Waals surface area contributed by atoms with E-state index in [0.717, 1.165) is 36.9 Å². The first-order chi connectivity index (χ1) is 12.6. The Bertz CT molecular complexity index is 674. The summed E-state index contributed by atoms with van der Waals surface area (Å²) >= 11 is 0. The molecular weight excluding hydrogens is 379 g/mol. The number of nitrogens with one attached hydrogen (secondary N) is 1. The molecule has 5 nitrogen and oxygen atoms in total. The lowest BCUT2D eigenvalue weighted by molar-refractivity contribution is -0.138. The summed E-state index contributed by atoms with van der Waals surface area (Å²) < 4.78 is 62.4. The van der Waals surface area contributed by atoms with Gasteiger partial charge in [-0.15, -0.1) is 0 Å². The fourth-order valence-electron chi connectivity index (χ4n) is 4.47. The minimum Gasteiger partial charge on any atom is -0.366 e. The first kappa shape index (κ1) is 20.6. The summed E-state index contributed by atoms with van der Waals surface area (Å²) in [4.78, 5) is 4.69. The van der Waals surface area contributed by atoms with E-state index in [1.165, 1.54) is 4.31 Å². The summed E-state index contributed by atoms with van der Waals surface area (Å²) in [6.45, 7) is 4.93. The van der Waals surface area contributed by atoms with Crippen LogP contribution in [0.2, 0.25) is 0 Å². The maximum Gasteiger partial charge on any atom is 0.389 e. The van der Waals surface area contributed by atoms with Gasteiger partial charge in [0.2, 0.25) is 10.0 Å². The number of aliphatic imine (C=N–C) groups is 1. The monoisotopic (exact) mass is 407 g/mol. The Morgan fingerprint density at radius 1 is 1.22 bits per heavy atom. The van der Waals surface area contributed by atoms with Gasteiger partial charge in [-0.05, 0) is 50.9 Å². The molecule has 0 aromatic rings. The van der Waals surface area contributed by atoms with E-state index in [-0.39, 0.29) is 17.9 Å². The van der Waals surface area contributed by atoms with Gasteiger partial charge in [0.1, 0.15) is 0 Å². The van der Waals surface area contributed by atoms with E-state index in [1.54, 1.807) is 0 Å². The maximum atomic E-state index is 12.4. The fraction of sp³-hybridized carbons (Fsp3) is 0.833. The minimum absolute atomic E-state index is 0.159. The number of halogens is 3. The quantitative estimate of drug-likeness (QED) is 0.759. The Hall–Kier alpha value is -1.09. The molecule has 2 heterocycles. The highest BCUT2D eigenvalue weighted by atomic mass is 32.2. The summed E-state index contributed by atoms with van der Waals surface area (Å²) in [6.07, 6.45) is 0.279. The predicted octanol–water partition coefficient (Wildman–Crippen LogP) is 3.44. The lowest BCUT2D eigenvalue weighted by Crippen LogP contribution is -2.55. The largest absolute Gasteiger partial charge is 0.389 e. The van der Waals surface area contributed by atoms with Crippen LogP contribution < -0.4 is 5.32 Å². The molecular formula is C18H28F3N3O2S. The van der Waals surface area contributed by atoms with E-state index in [9.17, 15) is 21.6 Å². The lowest BCUT2D eigenvalue weighted by Gasteiger charge is -2.39. The van der Waals surface area contributed by atoms with Gasteiger partial charge >= 0.3 is 6.18 Å². The van der Waals surface area contributed by atoms with Crippen LogP contribution in [0.3, 0.4) is 0 Å². The Balaban J connectivity index is 1.46. The Labute approximate surface area is 159 Å². The summed E-state index contributed by atoms with van der Waals surface area (Å²) in [5.41, 5.74) is -0.171. The van der Waals surface area contributed by atoms with Crippen molar-refractivity contribution in [1.29, 1.82) is 0 Å². The summed E-state index contributed by atoms with van der Waals surface area (Å²) in [5.74, 6) is 1.43. The molecule has 0 bridgehead atoms. The minimum atomic E-state index is -4.06. The molecule has 0 radical (unpaired) electrons. The van der Waals surface area contributed by atoms with Gasteiger partial charge in [-0.3, -0.25) is 4.99 Å². The highest BCUT2D eigenvalue weighted by Crippen LogP contribution is 2.37. The van der Waals surface area contributed by atoms with Crippen LogP contribution in [0.4, 0.5) is 13.2 Å². The van der Waals surface area contributed by atoms with Crippen molar-refractivity contribution in [3.8, 4) is 0 Å². The summed E-state index contributed by atoms with van der Waals surface area (Å²) in [7, 11) is -3.37. The van der Waals surface area contributed by atoms with Crippen molar-refractivity contribution < 1.29 is 21.6 Å². The SMILES string of the molecule is C=CS(=O)(=O)N1CCC2(CC1)CN=C(C1CCC(CCC(F)(F)F)CC1)N2. The summed E-state index contributed by atoms with van der Waals surface area (Å²) in [6, 6.07) is 0. The topological polar surface area (TPSA) is 61.8 Å². The third-order valence-electron chi connectivity index (χ3n) is 6.26. The van der Waals surface area contributed by atoms with Crippen LogP contribution in [0, 0.1) is 11.8 Å². The van der Waals surface area contributed by atoms with Crippen LogP contribution in [0.5, 0.6) is 0 Å². The van der Waals surface area contributed by atoms with Gasteiger partial charge in [0.05, 0.1) is 17.9 Å². The van der Waals surface area contributed by atoms with Gasteiger partial charge in [0.15, 0.2) is 0 Å². The van der Waals surface area contributed by atoms with E-state index in [0.29, 0.717) is 38.4 Å². The van der Waals surface area contributed by atoms with Crippen molar-refractivity contribution in [3.05, 3.63) is 12.0 Å². The molecule has 1 saturated heterocycles. The molecule has 1 N–H and O–H groups in total. The summed E-state index contributed by atoms with van der Waals surface area (Å²) in [5, 5.41) is 4.55. The highest BCUT2D eigenvalue weighted by molar-refractivity contribution is 7.92. The lowest BCUT2D eigenvalue weighted by atomic mass is 9.79. The Kier molecular flexibility index (Phi) is 5.91. The molecule has 0 aromatic heterocycles. The Morgan fingerprint density at radius 2 is 1.85 bits per heavy atom. The van der Waals surface area contributed by atoms with Crippen molar-refractivity contribution >= 4 is 15.9 Å². The molecule has 0 atom stereocenters. The molecule has 154 valence electrons. The average molecular weight is 408 g/mol. The van der Waals surface area contributed by atoms with Crippen molar-refractivity contribution in [1.82, 2.24) is 9.62 Å². The molecule has 1 saturated carbocycles. The second-order valence-corrected chi connectivity index (χ2v) is 9.97. The third-order valence-corrected chi connectivity index (χ3v) is 7.77. The smallest absolute Gasteiger partial charge is 0.366 e. The molecule has 3 rings (SSSR count). The second kappa shape index (κ2) is 7.73. The number of amidine groups is 1. The van der Waals surface area contributed by atoms with Crippen LogP contribution >= 0.6 is 0 Å². The molecule has 0 unspecified atom stereocenters. The Morgan fingerprint density at radius 3 is 2.41 bits per heavy atom. The van der Waals surface area contributed by atoms with Crippen LogP contribution in [0.25, 0.3) is 0 Å². The van der Waals surface area contributed by atoms with Crippen molar-refractivity contribution in [2.24, 2.45) is 16.8 Å². The zero-order valence-electron chi connectivity index (χ0n) is 15.5. The van der Waals surface area contributed by atoms with Gasteiger partial charge in [0.25, 0.3) is 0 Å². The number of rotatable bonds is 5. The highest BCUT2D eigenvalue weighted by Gasteiger charge is 2.42. The molecule has 0 amide bonds. The van der Waals surface area contributed by atoms with Gasteiger partial charge in [-0.2, -0.15) is 17.5 Å². The number of nitrogens with zero attached hydrogens (tertiary/aromatic N) is 2. The van der Waals surface area contributed by atoms with Crippen molar-refractivity contribution in [3.63, 3.8) is 0 Å². The standard InChI is InChI=1S/C18H28F3N3O2S/c1-2-27(25,26)24-11-9-17(10-12-24)13-22-16(23-17)15-5-3-14(4-6-15)7-8-18(19,20)21/h2,14-15H,1,3-13H2,(H,22,23). The van der Waals surface area contributed by atoms with Gasteiger partial charge in [-0.25, -0.2) is 8.42 Å². The third kappa shape index (κ3) is 5.04. The van der Waals surface area contributed by atoms with Crippen LogP contribution in [0.15, 0.2) is 17.0 Å². The molecule has 0 aromatic carbocycles. The number of hydrogen-bond acceptors (Lipinski definition) is 4. The number of hydrogen-bond donors (Lipinski definition) is 1. The van der Waals surface area contributed by atoms with Crippen LogP contribution in [-0.4, -0.2) is 49.9 Å². The normalized spacial score (nSPS) is 29.4. The van der Waals surface area contributed by atoms with Gasteiger partial charge in [0, 0.05) is 30.8 Å². The van der Waals surface area contributed by atoms with E-state index in [2.05, 4.69) is 11.9 Å². The van der Waals surface area contributed by atoms with Gasteiger partial charge < -0.3 is 5.32 Å². The first-order valence-electron chi connectivity index (χ1n) is 9.64. The molecule has 1 aliphatic carbocycles. The fourth-order valence-corrected chi connectivity index (χ4v) is 5.37. The van der Waals surface area contributed by atoms with E-state index < -0.39 is 22.6 Å². The molecule has 1 spiro atoms.